The van der Waals surface area contributed by atoms with Crippen molar-refractivity contribution >= 4 is 25.2 Å². The van der Waals surface area contributed by atoms with Crippen LogP contribution in [0.5, 0.6) is 0 Å². The maximum absolute atomic E-state index is 5.66. The lowest BCUT2D eigenvalue weighted by Gasteiger charge is -2.13. The molecule has 0 fully saturated rings. The van der Waals surface area contributed by atoms with Crippen molar-refractivity contribution in [3.8, 4) is 0 Å². The van der Waals surface area contributed by atoms with E-state index in [1.807, 2.05) is 19.1 Å². The standard InChI is InChI=1S/C13H15O2Si/c1-3-15-16(14-2)13-10-6-8-11-7-4-5-9-12(11)13/h4-10H,3H2,1-2H3. The van der Waals surface area contributed by atoms with Gasteiger partial charge in [0.15, 0.2) is 0 Å². The summed E-state index contributed by atoms with van der Waals surface area (Å²) in [5, 5.41) is 3.65. The molecule has 2 nitrogen and oxygen atoms in total. The van der Waals surface area contributed by atoms with E-state index in [1.54, 1.807) is 7.11 Å². The third-order valence-corrected chi connectivity index (χ3v) is 4.27. The Hall–Kier alpha value is -1.16. The van der Waals surface area contributed by atoms with Gasteiger partial charge in [-0.25, -0.2) is 0 Å². The number of fused-ring (bicyclic) bond motifs is 1. The SMILES string of the molecule is CCO[Si](OC)c1cccc2ccccc12. The van der Waals surface area contributed by atoms with Crippen molar-refractivity contribution in [2.75, 3.05) is 13.7 Å². The van der Waals surface area contributed by atoms with Gasteiger partial charge in [0.2, 0.25) is 0 Å². The first-order valence-electron chi connectivity index (χ1n) is 5.38. The zero-order chi connectivity index (χ0) is 11.4. The summed E-state index contributed by atoms with van der Waals surface area (Å²) in [7, 11) is 0.377. The smallest absolute Gasteiger partial charge is 0.393 e. The molecule has 2 aromatic rings. The highest BCUT2D eigenvalue weighted by molar-refractivity contribution is 6.64. The van der Waals surface area contributed by atoms with Crippen LogP contribution >= 0.6 is 0 Å². The van der Waals surface area contributed by atoms with Crippen LogP contribution in [-0.2, 0) is 8.85 Å². The molecule has 0 aliphatic rings. The van der Waals surface area contributed by atoms with Gasteiger partial charge >= 0.3 is 9.28 Å². The van der Waals surface area contributed by atoms with Gasteiger partial charge in [-0.1, -0.05) is 42.5 Å². The molecule has 16 heavy (non-hydrogen) atoms. The Morgan fingerprint density at radius 3 is 2.56 bits per heavy atom. The Kier molecular flexibility index (Phi) is 3.72. The van der Waals surface area contributed by atoms with Gasteiger partial charge in [0, 0.05) is 18.9 Å². The molecule has 3 heteroatoms. The average Bonchev–Trinajstić information content (AvgIpc) is 2.35. The molecule has 0 unspecified atom stereocenters. The predicted molar refractivity (Wildman–Crippen MR) is 68.0 cm³/mol. The van der Waals surface area contributed by atoms with Crippen LogP contribution in [0.1, 0.15) is 6.92 Å². The molecule has 0 amide bonds. The highest BCUT2D eigenvalue weighted by Crippen LogP contribution is 2.12. The first kappa shape index (κ1) is 11.3. The highest BCUT2D eigenvalue weighted by Gasteiger charge is 2.18. The minimum Gasteiger partial charge on any atom is -0.393 e. The van der Waals surface area contributed by atoms with Crippen molar-refractivity contribution in [3.05, 3.63) is 42.5 Å². The number of rotatable bonds is 4. The summed E-state index contributed by atoms with van der Waals surface area (Å²) in [6.45, 7) is 2.68. The van der Waals surface area contributed by atoms with Crippen LogP contribution in [0.25, 0.3) is 10.8 Å². The predicted octanol–water partition coefficient (Wildman–Crippen LogP) is 2.22. The van der Waals surface area contributed by atoms with Crippen molar-refractivity contribution in [1.29, 1.82) is 0 Å². The Bertz CT molecular complexity index is 465. The normalized spacial score (nSPS) is 11.2. The van der Waals surface area contributed by atoms with Gasteiger partial charge in [0.1, 0.15) is 0 Å². The summed E-state index contributed by atoms with van der Waals surface area (Å²) < 4.78 is 11.1. The van der Waals surface area contributed by atoms with E-state index < -0.39 is 9.28 Å². The summed E-state index contributed by atoms with van der Waals surface area (Å²) in [5.74, 6) is 0. The zero-order valence-electron chi connectivity index (χ0n) is 9.57. The van der Waals surface area contributed by atoms with Gasteiger partial charge in [-0.2, -0.15) is 0 Å². The number of hydrogen-bond donors (Lipinski definition) is 0. The second kappa shape index (κ2) is 5.25. The van der Waals surface area contributed by atoms with Crippen LogP contribution in [-0.4, -0.2) is 23.0 Å². The number of benzene rings is 2. The van der Waals surface area contributed by atoms with E-state index in [4.69, 9.17) is 8.85 Å². The van der Waals surface area contributed by atoms with E-state index in [2.05, 4.69) is 30.3 Å². The lowest BCUT2D eigenvalue weighted by Crippen LogP contribution is -2.36. The van der Waals surface area contributed by atoms with Crippen LogP contribution in [0.4, 0.5) is 0 Å². The molecule has 0 spiro atoms. The molecule has 2 aromatic carbocycles. The average molecular weight is 231 g/mol. The van der Waals surface area contributed by atoms with Crippen molar-refractivity contribution < 1.29 is 8.85 Å². The first-order valence-corrected chi connectivity index (χ1v) is 6.70. The van der Waals surface area contributed by atoms with Crippen molar-refractivity contribution in [1.82, 2.24) is 0 Å². The Morgan fingerprint density at radius 2 is 1.81 bits per heavy atom. The van der Waals surface area contributed by atoms with E-state index >= 15 is 0 Å². The van der Waals surface area contributed by atoms with Crippen molar-refractivity contribution in [3.63, 3.8) is 0 Å². The Balaban J connectivity index is 2.50. The molecule has 0 bridgehead atoms. The van der Waals surface area contributed by atoms with Gasteiger partial charge in [-0.05, 0) is 17.7 Å². The Labute approximate surface area is 97.7 Å². The number of hydrogen-bond acceptors (Lipinski definition) is 2. The van der Waals surface area contributed by atoms with Crippen molar-refractivity contribution in [2.24, 2.45) is 0 Å². The van der Waals surface area contributed by atoms with E-state index in [1.165, 1.54) is 16.0 Å². The highest BCUT2D eigenvalue weighted by atomic mass is 28.3. The van der Waals surface area contributed by atoms with Crippen LogP contribution in [0.15, 0.2) is 42.5 Å². The monoisotopic (exact) mass is 231 g/mol. The molecular weight excluding hydrogens is 216 g/mol. The summed E-state index contributed by atoms with van der Waals surface area (Å²) in [5.41, 5.74) is 0. The molecule has 83 valence electrons. The second-order valence-electron chi connectivity index (χ2n) is 3.45. The van der Waals surface area contributed by atoms with Gasteiger partial charge in [0.25, 0.3) is 0 Å². The first-order chi connectivity index (χ1) is 7.86. The molecule has 0 atom stereocenters. The minimum absolute atomic E-state index is 0.686. The minimum atomic E-state index is -1.34. The largest absolute Gasteiger partial charge is 0.423 e. The molecule has 2 rings (SSSR count). The van der Waals surface area contributed by atoms with Crippen LogP contribution < -0.4 is 5.19 Å². The summed E-state index contributed by atoms with van der Waals surface area (Å²) in [4.78, 5) is 0. The molecule has 0 heterocycles. The maximum atomic E-state index is 5.66. The molecule has 1 radical (unpaired) electrons. The van der Waals surface area contributed by atoms with Gasteiger partial charge in [-0.3, -0.25) is 0 Å². The topological polar surface area (TPSA) is 18.5 Å². The van der Waals surface area contributed by atoms with Gasteiger partial charge in [-0.15, -0.1) is 0 Å². The quantitative estimate of drug-likeness (QED) is 0.751. The molecule has 0 aliphatic carbocycles. The lowest BCUT2D eigenvalue weighted by molar-refractivity contribution is 0.254. The fraction of sp³-hybridized carbons (Fsp3) is 0.231. The summed E-state index contributed by atoms with van der Waals surface area (Å²) in [6.07, 6.45) is 0. The molecule has 0 aliphatic heterocycles. The molecular formula is C13H15O2Si. The summed E-state index contributed by atoms with van der Waals surface area (Å²) >= 11 is 0. The molecule has 0 saturated heterocycles. The molecule has 0 aromatic heterocycles. The van der Waals surface area contributed by atoms with Crippen LogP contribution in [0.3, 0.4) is 0 Å². The molecule has 0 N–H and O–H groups in total. The third-order valence-electron chi connectivity index (χ3n) is 2.47. The maximum Gasteiger partial charge on any atom is 0.423 e. The Morgan fingerprint density at radius 1 is 1.06 bits per heavy atom. The fourth-order valence-electron chi connectivity index (χ4n) is 1.78. The summed E-state index contributed by atoms with van der Waals surface area (Å²) in [6, 6.07) is 14.6. The van der Waals surface area contributed by atoms with Crippen molar-refractivity contribution in [2.45, 2.75) is 6.92 Å². The lowest BCUT2D eigenvalue weighted by atomic mass is 10.1. The van der Waals surface area contributed by atoms with E-state index in [9.17, 15) is 0 Å². The molecule has 0 saturated carbocycles. The van der Waals surface area contributed by atoms with Gasteiger partial charge in [0.05, 0.1) is 0 Å². The van der Waals surface area contributed by atoms with E-state index in [0.29, 0.717) is 6.61 Å². The van der Waals surface area contributed by atoms with Gasteiger partial charge < -0.3 is 8.85 Å². The second-order valence-corrected chi connectivity index (χ2v) is 5.26. The van der Waals surface area contributed by atoms with Crippen LogP contribution in [0.2, 0.25) is 0 Å². The zero-order valence-corrected chi connectivity index (χ0v) is 10.6. The van der Waals surface area contributed by atoms with E-state index in [-0.39, 0.29) is 0 Å². The van der Waals surface area contributed by atoms with Crippen LogP contribution in [0, 0.1) is 0 Å². The van der Waals surface area contributed by atoms with E-state index in [0.717, 1.165) is 0 Å². The third kappa shape index (κ3) is 2.16. The fourth-order valence-corrected chi connectivity index (χ4v) is 3.22.